The van der Waals surface area contributed by atoms with Crippen LogP contribution in [0.2, 0.25) is 0 Å². The van der Waals surface area contributed by atoms with E-state index in [9.17, 15) is 4.79 Å². The Kier molecular flexibility index (Phi) is 7.22. The maximum absolute atomic E-state index is 12.3. The van der Waals surface area contributed by atoms with E-state index in [0.29, 0.717) is 30.4 Å². The van der Waals surface area contributed by atoms with Gasteiger partial charge in [0, 0.05) is 31.1 Å². The molecule has 1 aromatic heterocycles. The third-order valence-corrected chi connectivity index (χ3v) is 5.50. The molecular formula is C20H29N5O2S. The van der Waals surface area contributed by atoms with Crippen molar-refractivity contribution in [1.29, 1.82) is 0 Å². The van der Waals surface area contributed by atoms with Crippen molar-refractivity contribution < 1.29 is 9.53 Å². The van der Waals surface area contributed by atoms with Crippen molar-refractivity contribution >= 4 is 18.1 Å². The molecule has 28 heavy (non-hydrogen) atoms. The van der Waals surface area contributed by atoms with Crippen LogP contribution in [0.3, 0.4) is 0 Å². The lowest BCUT2D eigenvalue weighted by molar-refractivity contribution is -0.121. The van der Waals surface area contributed by atoms with Gasteiger partial charge in [0.15, 0.2) is 10.6 Å². The third-order valence-electron chi connectivity index (χ3n) is 5.18. The van der Waals surface area contributed by atoms with Crippen LogP contribution in [0.4, 0.5) is 0 Å². The van der Waals surface area contributed by atoms with Crippen LogP contribution < -0.4 is 10.1 Å². The largest absolute Gasteiger partial charge is 0.494 e. The Labute approximate surface area is 171 Å². The van der Waals surface area contributed by atoms with Gasteiger partial charge in [0.25, 0.3) is 0 Å². The van der Waals surface area contributed by atoms with Crippen molar-refractivity contribution in [3.63, 3.8) is 0 Å². The maximum Gasteiger partial charge on any atom is 0.221 e. The van der Waals surface area contributed by atoms with E-state index in [0.717, 1.165) is 43.2 Å². The molecule has 1 aliphatic rings. The second-order valence-electron chi connectivity index (χ2n) is 6.94. The van der Waals surface area contributed by atoms with Crippen LogP contribution in [0.5, 0.6) is 5.75 Å². The number of carbonyl (C=O) groups excluding carboxylic acids is 1. The topological polar surface area (TPSA) is 75.2 Å². The summed E-state index contributed by atoms with van der Waals surface area (Å²) >= 11 is 5.36. The number of aromatic nitrogens is 3. The Balaban J connectivity index is 1.58. The number of ether oxygens (including phenoxy) is 1. The van der Waals surface area contributed by atoms with Crippen molar-refractivity contribution in [2.24, 2.45) is 0 Å². The van der Waals surface area contributed by atoms with Crippen molar-refractivity contribution in [3.05, 3.63) is 29.0 Å². The molecule has 1 saturated heterocycles. The van der Waals surface area contributed by atoms with Gasteiger partial charge in [-0.15, -0.1) is 0 Å². The predicted molar refractivity (Wildman–Crippen MR) is 112 cm³/mol. The van der Waals surface area contributed by atoms with E-state index in [4.69, 9.17) is 17.0 Å². The fourth-order valence-corrected chi connectivity index (χ4v) is 3.91. The minimum Gasteiger partial charge on any atom is -0.494 e. The summed E-state index contributed by atoms with van der Waals surface area (Å²) in [5.41, 5.74) is 0.931. The van der Waals surface area contributed by atoms with Gasteiger partial charge in [0.1, 0.15) is 5.75 Å². The number of carbonyl (C=O) groups is 1. The lowest BCUT2D eigenvalue weighted by Gasteiger charge is -2.22. The minimum atomic E-state index is 0.0451. The van der Waals surface area contributed by atoms with Crippen molar-refractivity contribution in [2.45, 2.75) is 45.7 Å². The van der Waals surface area contributed by atoms with Gasteiger partial charge in [0.05, 0.1) is 6.61 Å². The Morgan fingerprint density at radius 2 is 2.14 bits per heavy atom. The molecule has 8 heteroatoms. The number of rotatable bonds is 9. The molecule has 3 rings (SSSR count). The maximum atomic E-state index is 12.3. The first-order valence-electron chi connectivity index (χ1n) is 10.0. The molecule has 0 spiro atoms. The van der Waals surface area contributed by atoms with E-state index in [1.165, 1.54) is 6.42 Å². The number of nitrogens with zero attached hydrogens (tertiary/aromatic N) is 3. The summed E-state index contributed by atoms with van der Waals surface area (Å²) in [5.74, 6) is 1.59. The molecule has 152 valence electrons. The molecule has 0 radical (unpaired) electrons. The molecule has 1 aromatic carbocycles. The predicted octanol–water partition coefficient (Wildman–Crippen LogP) is 3.00. The highest BCUT2D eigenvalue weighted by Gasteiger charge is 2.23. The molecular weight excluding hydrogens is 374 g/mol. The summed E-state index contributed by atoms with van der Waals surface area (Å²) in [6, 6.07) is 8.19. The van der Waals surface area contributed by atoms with E-state index >= 15 is 0 Å². The van der Waals surface area contributed by atoms with Gasteiger partial charge in [-0.1, -0.05) is 6.92 Å². The first-order chi connectivity index (χ1) is 13.6. The molecule has 0 aliphatic carbocycles. The number of benzene rings is 1. The molecule has 1 fully saturated rings. The number of likely N-dealkylation sites (N-methyl/N-ethyl adjacent to an activating group) is 1. The summed E-state index contributed by atoms with van der Waals surface area (Å²) in [5, 5.41) is 10.2. The average Bonchev–Trinajstić information content (AvgIpc) is 3.31. The zero-order valence-corrected chi connectivity index (χ0v) is 17.4. The Morgan fingerprint density at radius 3 is 2.86 bits per heavy atom. The third kappa shape index (κ3) is 4.99. The van der Waals surface area contributed by atoms with Gasteiger partial charge in [-0.3, -0.25) is 19.4 Å². The second-order valence-corrected chi connectivity index (χ2v) is 7.33. The van der Waals surface area contributed by atoms with Gasteiger partial charge >= 0.3 is 0 Å². The molecule has 2 heterocycles. The molecule has 2 N–H and O–H groups in total. The van der Waals surface area contributed by atoms with Crippen LogP contribution in [0, 0.1) is 4.77 Å². The van der Waals surface area contributed by atoms with Crippen LogP contribution >= 0.6 is 12.2 Å². The summed E-state index contributed by atoms with van der Waals surface area (Å²) in [6.07, 6.45) is 2.74. The van der Waals surface area contributed by atoms with Gasteiger partial charge in [-0.2, -0.15) is 5.10 Å². The van der Waals surface area contributed by atoms with Crippen LogP contribution in [0.1, 0.15) is 33.1 Å². The SMILES string of the molecule is CCOc1ccc(-c2n[nH]c(=S)n2CCC(=O)NCC2CCCN2CC)cc1. The Hall–Kier alpha value is -2.19. The molecule has 0 saturated carbocycles. The van der Waals surface area contributed by atoms with Gasteiger partial charge in [-0.05, 0) is 69.3 Å². The van der Waals surface area contributed by atoms with E-state index in [1.54, 1.807) is 0 Å². The molecule has 1 unspecified atom stereocenters. The highest BCUT2D eigenvalue weighted by Crippen LogP contribution is 2.21. The fourth-order valence-electron chi connectivity index (χ4n) is 3.69. The van der Waals surface area contributed by atoms with Crippen LogP contribution in [-0.4, -0.2) is 57.9 Å². The summed E-state index contributed by atoms with van der Waals surface area (Å²) in [6.45, 7) is 8.13. The quantitative estimate of drug-likeness (QED) is 0.630. The standard InChI is InChI=1S/C20H29N5O2S/c1-3-24-12-5-6-16(24)14-21-18(26)11-13-25-19(22-23-20(25)28)15-7-9-17(10-8-15)27-4-2/h7-10,16H,3-6,11-14H2,1-2H3,(H,21,26)(H,23,28). The van der Waals surface area contributed by atoms with E-state index < -0.39 is 0 Å². The van der Waals surface area contributed by atoms with Gasteiger partial charge in [-0.25, -0.2) is 0 Å². The number of likely N-dealkylation sites (tertiary alicyclic amines) is 1. The van der Waals surface area contributed by atoms with Crippen LogP contribution in [-0.2, 0) is 11.3 Å². The number of hydrogen-bond acceptors (Lipinski definition) is 5. The van der Waals surface area contributed by atoms with Crippen molar-refractivity contribution in [2.75, 3.05) is 26.2 Å². The number of aromatic amines is 1. The van der Waals surface area contributed by atoms with Gasteiger partial charge in [0.2, 0.25) is 5.91 Å². The summed E-state index contributed by atoms with van der Waals surface area (Å²) in [7, 11) is 0. The van der Waals surface area contributed by atoms with E-state index in [1.807, 2.05) is 35.8 Å². The molecule has 1 atom stereocenters. The number of amides is 1. The highest BCUT2D eigenvalue weighted by molar-refractivity contribution is 7.71. The molecule has 1 amide bonds. The van der Waals surface area contributed by atoms with Crippen LogP contribution in [0.15, 0.2) is 24.3 Å². The van der Waals surface area contributed by atoms with E-state index in [2.05, 4.69) is 27.3 Å². The van der Waals surface area contributed by atoms with Crippen LogP contribution in [0.25, 0.3) is 11.4 Å². The normalized spacial score (nSPS) is 17.0. The summed E-state index contributed by atoms with van der Waals surface area (Å²) in [4.78, 5) is 14.8. The number of H-pyrrole nitrogens is 1. The average molecular weight is 404 g/mol. The zero-order chi connectivity index (χ0) is 19.9. The fraction of sp³-hybridized carbons (Fsp3) is 0.550. The number of hydrogen-bond donors (Lipinski definition) is 2. The smallest absolute Gasteiger partial charge is 0.221 e. The number of nitrogens with one attached hydrogen (secondary N) is 2. The monoisotopic (exact) mass is 403 g/mol. The Bertz CT molecular complexity index is 830. The summed E-state index contributed by atoms with van der Waals surface area (Å²) < 4.78 is 7.88. The molecule has 2 aromatic rings. The molecule has 7 nitrogen and oxygen atoms in total. The lowest BCUT2D eigenvalue weighted by atomic mass is 10.2. The van der Waals surface area contributed by atoms with Gasteiger partial charge < -0.3 is 10.1 Å². The van der Waals surface area contributed by atoms with E-state index in [-0.39, 0.29) is 5.91 Å². The van der Waals surface area contributed by atoms with Crippen molar-refractivity contribution in [1.82, 2.24) is 25.0 Å². The molecule has 1 aliphatic heterocycles. The lowest BCUT2D eigenvalue weighted by Crippen LogP contribution is -2.40. The zero-order valence-electron chi connectivity index (χ0n) is 16.6. The second kappa shape index (κ2) is 9.84. The first kappa shape index (κ1) is 20.5. The van der Waals surface area contributed by atoms with Crippen molar-refractivity contribution in [3.8, 4) is 17.1 Å². The minimum absolute atomic E-state index is 0.0451. The first-order valence-corrected chi connectivity index (χ1v) is 10.4. The molecule has 0 bridgehead atoms. The Morgan fingerprint density at radius 1 is 1.36 bits per heavy atom. The highest BCUT2D eigenvalue weighted by atomic mass is 32.1.